The van der Waals surface area contributed by atoms with Crippen LogP contribution in [0.3, 0.4) is 0 Å². The molecule has 1 aliphatic rings. The van der Waals surface area contributed by atoms with E-state index in [1.54, 1.807) is 0 Å². The van der Waals surface area contributed by atoms with Gasteiger partial charge in [0.2, 0.25) is 0 Å². The highest BCUT2D eigenvalue weighted by molar-refractivity contribution is 5.89. The number of carbonyl (C=O) groups excluding carboxylic acids is 1. The third-order valence-corrected chi connectivity index (χ3v) is 5.23. The number of nitrogens with one attached hydrogen (secondary N) is 1. The van der Waals surface area contributed by atoms with Gasteiger partial charge in [-0.25, -0.2) is 4.79 Å². The van der Waals surface area contributed by atoms with Crippen LogP contribution in [0.5, 0.6) is 0 Å². The average molecular weight is 336 g/mol. The molecule has 1 unspecified atom stereocenters. The Kier molecular flexibility index (Phi) is 5.42. The second-order valence-electron chi connectivity index (χ2n) is 7.20. The normalized spacial score (nSPS) is 17.9. The van der Waals surface area contributed by atoms with Crippen LogP contribution in [0.2, 0.25) is 0 Å². The van der Waals surface area contributed by atoms with Crippen molar-refractivity contribution in [2.24, 2.45) is 0 Å². The maximum atomic E-state index is 13.0. The smallest absolute Gasteiger partial charge is 0.317 e. The number of aryl methyl sites for hydroxylation is 3. The molecule has 0 aliphatic carbocycles. The van der Waals surface area contributed by atoms with E-state index >= 15 is 0 Å². The highest BCUT2D eigenvalue weighted by Crippen LogP contribution is 2.31. The molecule has 0 radical (unpaired) electrons. The third kappa shape index (κ3) is 4.22. The van der Waals surface area contributed by atoms with Crippen molar-refractivity contribution >= 4 is 11.7 Å². The van der Waals surface area contributed by atoms with Crippen molar-refractivity contribution in [3.05, 3.63) is 64.7 Å². The first-order valence-corrected chi connectivity index (χ1v) is 9.26. The number of carbonyl (C=O) groups is 1. The molecule has 1 atom stereocenters. The predicted octanol–water partition coefficient (Wildman–Crippen LogP) is 5.76. The molecule has 2 amide bonds. The molecule has 2 aromatic carbocycles. The van der Waals surface area contributed by atoms with Crippen LogP contribution in [0.1, 0.15) is 54.0 Å². The van der Waals surface area contributed by atoms with E-state index in [1.165, 1.54) is 35.1 Å². The molecule has 1 N–H and O–H groups in total. The fourth-order valence-electron chi connectivity index (χ4n) is 3.50. The van der Waals surface area contributed by atoms with Crippen LogP contribution >= 0.6 is 0 Å². The number of nitrogens with zero attached hydrogens (tertiary/aromatic N) is 1. The summed E-state index contributed by atoms with van der Waals surface area (Å²) in [6, 6.07) is 14.9. The largest absolute Gasteiger partial charge is 0.322 e. The molecule has 1 heterocycles. The summed E-state index contributed by atoms with van der Waals surface area (Å²) in [4.78, 5) is 15.0. The molecule has 132 valence electrons. The highest BCUT2D eigenvalue weighted by Gasteiger charge is 2.26. The second kappa shape index (κ2) is 7.73. The summed E-state index contributed by atoms with van der Waals surface area (Å²) in [6.45, 7) is 7.07. The summed E-state index contributed by atoms with van der Waals surface area (Å²) < 4.78 is 0. The van der Waals surface area contributed by atoms with Crippen molar-refractivity contribution in [3.8, 4) is 0 Å². The number of likely N-dealkylation sites (tertiary alicyclic amines) is 1. The van der Waals surface area contributed by atoms with E-state index in [9.17, 15) is 4.79 Å². The zero-order valence-electron chi connectivity index (χ0n) is 15.5. The lowest BCUT2D eigenvalue weighted by Gasteiger charge is -2.30. The van der Waals surface area contributed by atoms with Crippen LogP contribution in [0, 0.1) is 20.8 Å². The van der Waals surface area contributed by atoms with Gasteiger partial charge >= 0.3 is 6.03 Å². The van der Waals surface area contributed by atoms with Gasteiger partial charge in [-0.1, -0.05) is 48.7 Å². The molecule has 1 fully saturated rings. The Hall–Kier alpha value is -2.29. The lowest BCUT2D eigenvalue weighted by atomic mass is 10.00. The van der Waals surface area contributed by atoms with Gasteiger partial charge in [0, 0.05) is 12.2 Å². The van der Waals surface area contributed by atoms with Gasteiger partial charge in [0.15, 0.2) is 0 Å². The summed E-state index contributed by atoms with van der Waals surface area (Å²) in [6.07, 6.45) is 4.47. The molecule has 0 bridgehead atoms. The van der Waals surface area contributed by atoms with E-state index in [0.717, 1.165) is 25.1 Å². The van der Waals surface area contributed by atoms with Gasteiger partial charge in [-0.3, -0.25) is 0 Å². The number of benzene rings is 2. The Morgan fingerprint density at radius 2 is 1.72 bits per heavy atom. The number of urea groups is 1. The van der Waals surface area contributed by atoms with E-state index in [2.05, 4.69) is 56.4 Å². The number of hydrogen-bond acceptors (Lipinski definition) is 1. The van der Waals surface area contributed by atoms with Crippen LogP contribution in [-0.4, -0.2) is 17.5 Å². The fraction of sp³-hybridized carbons (Fsp3) is 0.409. The van der Waals surface area contributed by atoms with E-state index < -0.39 is 0 Å². The molecule has 25 heavy (non-hydrogen) atoms. The summed E-state index contributed by atoms with van der Waals surface area (Å²) in [7, 11) is 0. The average Bonchev–Trinajstić information content (AvgIpc) is 2.85. The van der Waals surface area contributed by atoms with Crippen molar-refractivity contribution in [2.75, 3.05) is 11.9 Å². The van der Waals surface area contributed by atoms with Gasteiger partial charge in [0.1, 0.15) is 0 Å². The zero-order chi connectivity index (χ0) is 17.8. The minimum Gasteiger partial charge on any atom is -0.317 e. The van der Waals surface area contributed by atoms with Crippen molar-refractivity contribution in [1.82, 2.24) is 4.90 Å². The van der Waals surface area contributed by atoms with E-state index in [4.69, 9.17) is 0 Å². The highest BCUT2D eigenvalue weighted by atomic mass is 16.2. The summed E-state index contributed by atoms with van der Waals surface area (Å²) in [5.41, 5.74) is 5.81. The first-order valence-electron chi connectivity index (χ1n) is 9.26. The van der Waals surface area contributed by atoms with Crippen LogP contribution in [0.4, 0.5) is 10.5 Å². The molecule has 0 saturated carbocycles. The van der Waals surface area contributed by atoms with Gasteiger partial charge in [-0.15, -0.1) is 0 Å². The van der Waals surface area contributed by atoms with Gasteiger partial charge in [-0.05, 0) is 62.4 Å². The molecular weight excluding hydrogens is 308 g/mol. The topological polar surface area (TPSA) is 32.3 Å². The standard InChI is InChI=1S/C22H28N2O/c1-16-8-11-19(12-9-16)21-7-5-4-6-14-24(21)22(25)23-20-13-10-17(2)18(3)15-20/h8-13,15,21H,4-7,14H2,1-3H3,(H,23,25). The number of amides is 2. The van der Waals surface area contributed by atoms with Crippen LogP contribution in [0.25, 0.3) is 0 Å². The third-order valence-electron chi connectivity index (χ3n) is 5.23. The summed E-state index contributed by atoms with van der Waals surface area (Å²) in [5.74, 6) is 0. The molecule has 0 spiro atoms. The van der Waals surface area contributed by atoms with Gasteiger partial charge < -0.3 is 10.2 Å². The van der Waals surface area contributed by atoms with Crippen LogP contribution < -0.4 is 5.32 Å². The monoisotopic (exact) mass is 336 g/mol. The first-order chi connectivity index (χ1) is 12.0. The van der Waals surface area contributed by atoms with E-state index in [0.29, 0.717) is 0 Å². The Labute approximate surface area is 151 Å². The molecule has 0 aromatic heterocycles. The Balaban J connectivity index is 1.81. The van der Waals surface area contributed by atoms with Crippen LogP contribution in [0.15, 0.2) is 42.5 Å². The predicted molar refractivity (Wildman–Crippen MR) is 104 cm³/mol. The molecule has 1 aliphatic heterocycles. The maximum Gasteiger partial charge on any atom is 0.322 e. The number of hydrogen-bond donors (Lipinski definition) is 1. The maximum absolute atomic E-state index is 13.0. The quantitative estimate of drug-likeness (QED) is 0.743. The van der Waals surface area contributed by atoms with Gasteiger partial charge in [0.05, 0.1) is 6.04 Å². The second-order valence-corrected chi connectivity index (χ2v) is 7.20. The lowest BCUT2D eigenvalue weighted by molar-refractivity contribution is 0.189. The lowest BCUT2D eigenvalue weighted by Crippen LogP contribution is -2.38. The van der Waals surface area contributed by atoms with E-state index in [1.807, 2.05) is 17.0 Å². The molecule has 3 rings (SSSR count). The Morgan fingerprint density at radius 3 is 2.44 bits per heavy atom. The van der Waals surface area contributed by atoms with Gasteiger partial charge in [-0.2, -0.15) is 0 Å². The Morgan fingerprint density at radius 1 is 0.960 bits per heavy atom. The SMILES string of the molecule is Cc1ccc(C2CCCCCN2C(=O)Nc2ccc(C)c(C)c2)cc1. The first kappa shape index (κ1) is 17.5. The number of rotatable bonds is 2. The summed E-state index contributed by atoms with van der Waals surface area (Å²) >= 11 is 0. The van der Waals surface area contributed by atoms with Gasteiger partial charge in [0.25, 0.3) is 0 Å². The van der Waals surface area contributed by atoms with Crippen molar-refractivity contribution in [2.45, 2.75) is 52.5 Å². The van der Waals surface area contributed by atoms with E-state index in [-0.39, 0.29) is 12.1 Å². The Bertz CT molecular complexity index is 736. The molecule has 3 nitrogen and oxygen atoms in total. The summed E-state index contributed by atoms with van der Waals surface area (Å²) in [5, 5.41) is 3.11. The minimum atomic E-state index is 0.00993. The van der Waals surface area contributed by atoms with Crippen LogP contribution in [-0.2, 0) is 0 Å². The number of anilines is 1. The molecule has 2 aromatic rings. The van der Waals surface area contributed by atoms with Crippen molar-refractivity contribution in [1.29, 1.82) is 0 Å². The zero-order valence-corrected chi connectivity index (χ0v) is 15.5. The molecule has 3 heteroatoms. The van der Waals surface area contributed by atoms with Crippen molar-refractivity contribution < 1.29 is 4.79 Å². The van der Waals surface area contributed by atoms with Crippen molar-refractivity contribution in [3.63, 3.8) is 0 Å². The molecular formula is C22H28N2O. The fourth-order valence-corrected chi connectivity index (χ4v) is 3.50. The minimum absolute atomic E-state index is 0.00993. The molecule has 1 saturated heterocycles.